The Bertz CT molecular complexity index is 537. The Morgan fingerprint density at radius 3 is 2.33 bits per heavy atom. The van der Waals surface area contributed by atoms with Gasteiger partial charge in [0.05, 0.1) is 0 Å². The molecule has 1 aromatic carbocycles. The normalized spacial score (nSPS) is 10.7. The molecule has 2 rings (SSSR count). The number of hydrogen-bond acceptors (Lipinski definition) is 4. The molecule has 1 aromatic heterocycles. The fourth-order valence-corrected chi connectivity index (χ4v) is 3.10. The van der Waals surface area contributed by atoms with Crippen LogP contribution in [0.3, 0.4) is 0 Å². The first-order chi connectivity index (χ1) is 8.52. The smallest absolute Gasteiger partial charge is 0.189 e. The van der Waals surface area contributed by atoms with Crippen molar-refractivity contribution in [3.05, 3.63) is 39.9 Å². The van der Waals surface area contributed by atoms with E-state index in [9.17, 15) is 0 Å². The van der Waals surface area contributed by atoms with Gasteiger partial charge in [0.2, 0.25) is 0 Å². The number of rotatable bonds is 3. The van der Waals surface area contributed by atoms with Crippen molar-refractivity contribution in [2.45, 2.75) is 27.3 Å². The average molecular weight is 261 g/mol. The van der Waals surface area contributed by atoms with E-state index in [2.05, 4.69) is 49.8 Å². The molecule has 4 heteroatoms. The van der Waals surface area contributed by atoms with Crippen LogP contribution in [0, 0.1) is 20.8 Å². The highest BCUT2D eigenvalue weighted by Gasteiger charge is 2.13. The quantitative estimate of drug-likeness (QED) is 0.922. The summed E-state index contributed by atoms with van der Waals surface area (Å²) in [5, 5.41) is 0.991. The van der Waals surface area contributed by atoms with Gasteiger partial charge in [-0.25, -0.2) is 4.98 Å². The molecule has 0 unspecified atom stereocenters. The molecule has 0 bridgehead atoms. The summed E-state index contributed by atoms with van der Waals surface area (Å²) in [4.78, 5) is 7.69. The average Bonchev–Trinajstić information content (AvgIpc) is 2.75. The van der Waals surface area contributed by atoms with Crippen molar-refractivity contribution in [3.8, 4) is 0 Å². The number of nitrogens with two attached hydrogens (primary N) is 1. The largest absolute Gasteiger partial charge is 0.326 e. The summed E-state index contributed by atoms with van der Waals surface area (Å²) < 4.78 is 0. The summed E-state index contributed by atoms with van der Waals surface area (Å²) in [5.41, 5.74) is 10.7. The van der Waals surface area contributed by atoms with Crippen LogP contribution in [0.5, 0.6) is 0 Å². The highest BCUT2D eigenvalue weighted by atomic mass is 32.1. The Labute approximate surface area is 112 Å². The van der Waals surface area contributed by atoms with Crippen molar-refractivity contribution in [1.29, 1.82) is 0 Å². The van der Waals surface area contributed by atoms with E-state index in [4.69, 9.17) is 5.73 Å². The summed E-state index contributed by atoms with van der Waals surface area (Å²) in [6.45, 7) is 6.96. The van der Waals surface area contributed by atoms with Crippen LogP contribution in [0.4, 0.5) is 10.8 Å². The monoisotopic (exact) mass is 261 g/mol. The molecule has 3 nitrogen and oxygen atoms in total. The number of thiazole rings is 1. The Kier molecular flexibility index (Phi) is 3.68. The third kappa shape index (κ3) is 2.40. The Balaban J connectivity index is 2.42. The second-order valence-electron chi connectivity index (χ2n) is 4.62. The van der Waals surface area contributed by atoms with Crippen LogP contribution in [-0.4, -0.2) is 12.0 Å². The van der Waals surface area contributed by atoms with Gasteiger partial charge in [-0.1, -0.05) is 17.7 Å². The second-order valence-corrected chi connectivity index (χ2v) is 5.71. The minimum atomic E-state index is 0.553. The Morgan fingerprint density at radius 1 is 1.22 bits per heavy atom. The van der Waals surface area contributed by atoms with Crippen LogP contribution in [0.15, 0.2) is 18.3 Å². The summed E-state index contributed by atoms with van der Waals surface area (Å²) in [7, 11) is 2.06. The Morgan fingerprint density at radius 2 is 1.83 bits per heavy atom. The molecule has 0 aliphatic heterocycles. The van der Waals surface area contributed by atoms with Gasteiger partial charge in [-0.3, -0.25) is 0 Å². The highest BCUT2D eigenvalue weighted by molar-refractivity contribution is 7.15. The number of aromatic nitrogens is 1. The van der Waals surface area contributed by atoms with Crippen molar-refractivity contribution in [2.75, 3.05) is 11.9 Å². The molecular weight excluding hydrogens is 242 g/mol. The van der Waals surface area contributed by atoms with E-state index in [1.807, 2.05) is 6.20 Å². The minimum absolute atomic E-state index is 0.553. The van der Waals surface area contributed by atoms with Gasteiger partial charge in [0.1, 0.15) is 0 Å². The minimum Gasteiger partial charge on any atom is -0.326 e. The molecule has 2 aromatic rings. The molecule has 1 heterocycles. The van der Waals surface area contributed by atoms with E-state index >= 15 is 0 Å². The van der Waals surface area contributed by atoms with Gasteiger partial charge in [-0.05, 0) is 31.9 Å². The fourth-order valence-electron chi connectivity index (χ4n) is 2.34. The first-order valence-electron chi connectivity index (χ1n) is 5.99. The third-order valence-electron chi connectivity index (χ3n) is 3.00. The van der Waals surface area contributed by atoms with Gasteiger partial charge in [0, 0.05) is 30.4 Å². The lowest BCUT2D eigenvalue weighted by molar-refractivity contribution is 1.09. The maximum atomic E-state index is 5.63. The summed E-state index contributed by atoms with van der Waals surface area (Å²) in [5.74, 6) is 0. The predicted molar refractivity (Wildman–Crippen MR) is 78.7 cm³/mol. The first kappa shape index (κ1) is 13.1. The molecule has 0 aliphatic rings. The van der Waals surface area contributed by atoms with Gasteiger partial charge in [-0.2, -0.15) is 0 Å². The van der Waals surface area contributed by atoms with Crippen LogP contribution in [0.1, 0.15) is 21.6 Å². The van der Waals surface area contributed by atoms with Crippen LogP contribution in [0.25, 0.3) is 0 Å². The molecule has 18 heavy (non-hydrogen) atoms. The summed E-state index contributed by atoms with van der Waals surface area (Å²) in [6, 6.07) is 4.41. The standard InChI is InChI=1S/C14H19N3S/c1-9-5-10(2)13(11(3)6-9)17(4)14-16-8-12(7-15)18-14/h5-6,8H,7,15H2,1-4H3. The molecule has 0 amide bonds. The van der Waals surface area contributed by atoms with Gasteiger partial charge < -0.3 is 10.6 Å². The van der Waals surface area contributed by atoms with Gasteiger partial charge in [-0.15, -0.1) is 11.3 Å². The summed E-state index contributed by atoms with van der Waals surface area (Å²) >= 11 is 1.65. The number of nitrogens with zero attached hydrogens (tertiary/aromatic N) is 2. The molecule has 0 spiro atoms. The van der Waals surface area contributed by atoms with Crippen molar-refractivity contribution in [2.24, 2.45) is 5.73 Å². The van der Waals surface area contributed by atoms with Gasteiger partial charge in [0.15, 0.2) is 5.13 Å². The number of anilines is 2. The number of benzene rings is 1. The van der Waals surface area contributed by atoms with E-state index in [-0.39, 0.29) is 0 Å². The molecular formula is C14H19N3S. The lowest BCUT2D eigenvalue weighted by atomic mass is 10.0. The lowest BCUT2D eigenvalue weighted by Gasteiger charge is -2.21. The lowest BCUT2D eigenvalue weighted by Crippen LogP contribution is -2.12. The van der Waals surface area contributed by atoms with E-state index < -0.39 is 0 Å². The topological polar surface area (TPSA) is 42.2 Å². The molecule has 0 saturated carbocycles. The molecule has 0 saturated heterocycles. The van der Waals surface area contributed by atoms with Crippen molar-refractivity contribution >= 4 is 22.2 Å². The van der Waals surface area contributed by atoms with E-state index in [0.717, 1.165) is 10.0 Å². The highest BCUT2D eigenvalue weighted by Crippen LogP contribution is 2.33. The van der Waals surface area contributed by atoms with Crippen molar-refractivity contribution < 1.29 is 0 Å². The molecule has 0 aliphatic carbocycles. The zero-order chi connectivity index (χ0) is 13.3. The van der Waals surface area contributed by atoms with Crippen molar-refractivity contribution in [1.82, 2.24) is 4.98 Å². The van der Waals surface area contributed by atoms with Crippen LogP contribution in [0.2, 0.25) is 0 Å². The molecule has 0 radical (unpaired) electrons. The zero-order valence-electron chi connectivity index (χ0n) is 11.3. The van der Waals surface area contributed by atoms with Crippen LogP contribution in [-0.2, 0) is 6.54 Å². The number of aryl methyl sites for hydroxylation is 3. The predicted octanol–water partition coefficient (Wildman–Crippen LogP) is 3.29. The summed E-state index contributed by atoms with van der Waals surface area (Å²) in [6.07, 6.45) is 1.86. The third-order valence-corrected chi connectivity index (χ3v) is 4.10. The van der Waals surface area contributed by atoms with Crippen LogP contribution < -0.4 is 10.6 Å². The molecule has 0 fully saturated rings. The zero-order valence-corrected chi connectivity index (χ0v) is 12.1. The number of hydrogen-bond donors (Lipinski definition) is 1. The molecule has 2 N–H and O–H groups in total. The molecule has 0 atom stereocenters. The SMILES string of the molecule is Cc1cc(C)c(N(C)c2ncc(CN)s2)c(C)c1. The maximum Gasteiger partial charge on any atom is 0.189 e. The van der Waals surface area contributed by atoms with Gasteiger partial charge >= 0.3 is 0 Å². The van der Waals surface area contributed by atoms with E-state index in [0.29, 0.717) is 6.54 Å². The van der Waals surface area contributed by atoms with Gasteiger partial charge in [0.25, 0.3) is 0 Å². The Hall–Kier alpha value is -1.39. The molecule has 96 valence electrons. The van der Waals surface area contributed by atoms with Crippen molar-refractivity contribution in [3.63, 3.8) is 0 Å². The second kappa shape index (κ2) is 5.08. The first-order valence-corrected chi connectivity index (χ1v) is 6.81. The maximum absolute atomic E-state index is 5.63. The van der Waals surface area contributed by atoms with E-state index in [1.54, 1.807) is 11.3 Å². The van der Waals surface area contributed by atoms with E-state index in [1.165, 1.54) is 22.4 Å². The van der Waals surface area contributed by atoms with Crippen LogP contribution >= 0.6 is 11.3 Å². The fraction of sp³-hybridized carbons (Fsp3) is 0.357.